The Morgan fingerprint density at radius 3 is 2.33 bits per heavy atom. The Bertz CT molecular complexity index is 614. The van der Waals surface area contributed by atoms with Crippen molar-refractivity contribution >= 4 is 12.4 Å². The van der Waals surface area contributed by atoms with Gasteiger partial charge in [-0.05, 0) is 29.3 Å². The van der Waals surface area contributed by atoms with Gasteiger partial charge in [-0.3, -0.25) is 0 Å². The molecule has 114 valence electrons. The highest BCUT2D eigenvalue weighted by molar-refractivity contribution is 5.85. The third-order valence-electron chi connectivity index (χ3n) is 3.04. The average molecular weight is 318 g/mol. The van der Waals surface area contributed by atoms with Crippen molar-refractivity contribution in [2.45, 2.75) is 12.7 Å². The molecule has 0 bridgehead atoms. The minimum atomic E-state index is -4.39. The third kappa shape index (κ3) is 3.68. The quantitative estimate of drug-likeness (QED) is 0.918. The molecule has 2 N–H and O–H groups in total. The fraction of sp³-hybridized carbons (Fsp3) is 0.200. The van der Waals surface area contributed by atoms with E-state index in [1.807, 2.05) is 0 Å². The molecular weight excluding hydrogens is 303 g/mol. The zero-order chi connectivity index (χ0) is 14.8. The van der Waals surface area contributed by atoms with Crippen LogP contribution in [0.25, 0.3) is 11.1 Å². The first-order valence-corrected chi connectivity index (χ1v) is 6.01. The molecule has 0 spiro atoms. The topological polar surface area (TPSA) is 35.2 Å². The van der Waals surface area contributed by atoms with Gasteiger partial charge in [-0.2, -0.15) is 13.2 Å². The lowest BCUT2D eigenvalue weighted by Gasteiger charge is -2.14. The Hall–Kier alpha value is -1.72. The molecular formula is C15H15ClF3NO. The van der Waals surface area contributed by atoms with Crippen molar-refractivity contribution in [3.05, 3.63) is 53.6 Å². The van der Waals surface area contributed by atoms with Crippen LogP contribution in [0, 0.1) is 0 Å². The average Bonchev–Trinajstić information content (AvgIpc) is 2.45. The molecule has 0 heterocycles. The summed E-state index contributed by atoms with van der Waals surface area (Å²) < 4.78 is 44.2. The van der Waals surface area contributed by atoms with E-state index in [9.17, 15) is 13.2 Å². The second-order valence-electron chi connectivity index (χ2n) is 4.27. The molecule has 0 saturated heterocycles. The number of hydrogen-bond acceptors (Lipinski definition) is 2. The number of nitrogens with two attached hydrogens (primary N) is 1. The van der Waals surface area contributed by atoms with E-state index < -0.39 is 11.7 Å². The molecule has 0 fully saturated rings. The fourth-order valence-electron chi connectivity index (χ4n) is 2.09. The standard InChI is InChI=1S/C15H14F3NO.ClH/c1-20-14-7-6-10(8-11(14)9-19)12-4-2-3-5-13(12)15(16,17)18;/h2-8H,9,19H2,1H3;1H. The molecule has 0 aliphatic carbocycles. The molecule has 21 heavy (non-hydrogen) atoms. The Kier molecular flexibility index (Phi) is 5.63. The first-order chi connectivity index (χ1) is 9.47. The van der Waals surface area contributed by atoms with Crippen LogP contribution in [0.15, 0.2) is 42.5 Å². The molecule has 0 radical (unpaired) electrons. The number of ether oxygens (including phenoxy) is 1. The first-order valence-electron chi connectivity index (χ1n) is 6.01. The Labute approximate surface area is 127 Å². The van der Waals surface area contributed by atoms with Gasteiger partial charge in [-0.25, -0.2) is 0 Å². The van der Waals surface area contributed by atoms with E-state index in [4.69, 9.17) is 10.5 Å². The highest BCUT2D eigenvalue weighted by Gasteiger charge is 2.33. The van der Waals surface area contributed by atoms with Crippen LogP contribution in [0.4, 0.5) is 13.2 Å². The van der Waals surface area contributed by atoms with Gasteiger partial charge in [-0.1, -0.05) is 24.3 Å². The molecule has 0 aliphatic rings. The van der Waals surface area contributed by atoms with Gasteiger partial charge >= 0.3 is 6.18 Å². The van der Waals surface area contributed by atoms with Crippen LogP contribution < -0.4 is 10.5 Å². The molecule has 0 aromatic heterocycles. The lowest BCUT2D eigenvalue weighted by molar-refractivity contribution is -0.137. The highest BCUT2D eigenvalue weighted by Crippen LogP contribution is 2.37. The maximum atomic E-state index is 13.0. The van der Waals surface area contributed by atoms with Crippen molar-refractivity contribution in [1.29, 1.82) is 0 Å². The maximum absolute atomic E-state index is 13.0. The second-order valence-corrected chi connectivity index (χ2v) is 4.27. The number of hydrogen-bond donors (Lipinski definition) is 1. The van der Waals surface area contributed by atoms with Crippen LogP contribution in [0.5, 0.6) is 5.75 Å². The predicted molar refractivity (Wildman–Crippen MR) is 78.6 cm³/mol. The summed E-state index contributed by atoms with van der Waals surface area (Å²) in [7, 11) is 1.50. The van der Waals surface area contributed by atoms with Gasteiger partial charge in [0.2, 0.25) is 0 Å². The van der Waals surface area contributed by atoms with Gasteiger partial charge in [0.25, 0.3) is 0 Å². The molecule has 2 aromatic carbocycles. The molecule has 2 aromatic rings. The van der Waals surface area contributed by atoms with Crippen molar-refractivity contribution in [3.63, 3.8) is 0 Å². The highest BCUT2D eigenvalue weighted by atomic mass is 35.5. The lowest BCUT2D eigenvalue weighted by atomic mass is 9.97. The van der Waals surface area contributed by atoms with Gasteiger partial charge in [0.15, 0.2) is 0 Å². The number of alkyl halides is 3. The maximum Gasteiger partial charge on any atom is 0.417 e. The molecule has 2 nitrogen and oxygen atoms in total. The normalized spacial score (nSPS) is 10.9. The monoisotopic (exact) mass is 317 g/mol. The summed E-state index contributed by atoms with van der Waals surface area (Å²) in [6.07, 6.45) is -4.39. The van der Waals surface area contributed by atoms with E-state index in [1.54, 1.807) is 24.3 Å². The SMILES string of the molecule is COc1ccc(-c2ccccc2C(F)(F)F)cc1CN.Cl. The van der Waals surface area contributed by atoms with E-state index >= 15 is 0 Å². The third-order valence-corrected chi connectivity index (χ3v) is 3.04. The predicted octanol–water partition coefficient (Wildman–Crippen LogP) is 4.26. The molecule has 0 amide bonds. The van der Waals surface area contributed by atoms with Gasteiger partial charge in [-0.15, -0.1) is 12.4 Å². The van der Waals surface area contributed by atoms with Gasteiger partial charge in [0, 0.05) is 12.1 Å². The molecule has 0 unspecified atom stereocenters. The van der Waals surface area contributed by atoms with Gasteiger partial charge in [0.05, 0.1) is 12.7 Å². The van der Waals surface area contributed by atoms with Crippen molar-refractivity contribution in [1.82, 2.24) is 0 Å². The Morgan fingerprint density at radius 1 is 1.10 bits per heavy atom. The molecule has 6 heteroatoms. The van der Waals surface area contributed by atoms with Crippen LogP contribution >= 0.6 is 12.4 Å². The molecule has 0 saturated carbocycles. The van der Waals surface area contributed by atoms with Crippen LogP contribution in [0.3, 0.4) is 0 Å². The van der Waals surface area contributed by atoms with Crippen LogP contribution in [-0.2, 0) is 12.7 Å². The van der Waals surface area contributed by atoms with E-state index in [0.717, 1.165) is 6.07 Å². The largest absolute Gasteiger partial charge is 0.496 e. The van der Waals surface area contributed by atoms with Crippen molar-refractivity contribution < 1.29 is 17.9 Å². The van der Waals surface area contributed by atoms with Crippen LogP contribution in [0.1, 0.15) is 11.1 Å². The fourth-order valence-corrected chi connectivity index (χ4v) is 2.09. The number of methoxy groups -OCH3 is 1. The summed E-state index contributed by atoms with van der Waals surface area (Å²) in [6, 6.07) is 10.3. The van der Waals surface area contributed by atoms with Gasteiger partial charge < -0.3 is 10.5 Å². The molecule has 2 rings (SSSR count). The Balaban J connectivity index is 0.00000220. The van der Waals surface area contributed by atoms with E-state index in [0.29, 0.717) is 16.9 Å². The van der Waals surface area contributed by atoms with Crippen LogP contribution in [-0.4, -0.2) is 7.11 Å². The van der Waals surface area contributed by atoms with Crippen molar-refractivity contribution in [3.8, 4) is 16.9 Å². The zero-order valence-corrected chi connectivity index (χ0v) is 12.1. The number of benzene rings is 2. The second kappa shape index (κ2) is 6.83. The first kappa shape index (κ1) is 17.3. The lowest BCUT2D eigenvalue weighted by Crippen LogP contribution is -2.07. The van der Waals surface area contributed by atoms with E-state index in [2.05, 4.69) is 0 Å². The minimum absolute atomic E-state index is 0. The summed E-state index contributed by atoms with van der Waals surface area (Å²) in [6.45, 7) is 0.200. The Morgan fingerprint density at radius 2 is 1.76 bits per heavy atom. The van der Waals surface area contributed by atoms with Crippen molar-refractivity contribution in [2.75, 3.05) is 7.11 Å². The van der Waals surface area contributed by atoms with E-state index in [-0.39, 0.29) is 24.5 Å². The number of halogens is 4. The smallest absolute Gasteiger partial charge is 0.417 e. The molecule has 0 atom stereocenters. The summed E-state index contributed by atoms with van der Waals surface area (Å²) >= 11 is 0. The zero-order valence-electron chi connectivity index (χ0n) is 11.3. The number of rotatable bonds is 3. The summed E-state index contributed by atoms with van der Waals surface area (Å²) in [5.74, 6) is 0.570. The van der Waals surface area contributed by atoms with Gasteiger partial charge in [0.1, 0.15) is 5.75 Å². The summed E-state index contributed by atoms with van der Waals surface area (Å²) in [4.78, 5) is 0. The minimum Gasteiger partial charge on any atom is -0.496 e. The van der Waals surface area contributed by atoms with Crippen LogP contribution in [0.2, 0.25) is 0 Å². The summed E-state index contributed by atoms with van der Waals surface area (Å²) in [5, 5.41) is 0. The summed E-state index contributed by atoms with van der Waals surface area (Å²) in [5.41, 5.74) is 6.21. The van der Waals surface area contributed by atoms with Crippen molar-refractivity contribution in [2.24, 2.45) is 5.73 Å². The van der Waals surface area contributed by atoms with E-state index in [1.165, 1.54) is 19.2 Å². The molecule has 0 aliphatic heterocycles.